The van der Waals surface area contributed by atoms with Crippen molar-refractivity contribution in [2.24, 2.45) is 0 Å². The average molecular weight is 346 g/mol. The maximum Gasteiger partial charge on any atom is 0.258 e. The number of anilines is 1. The molecule has 1 fully saturated rings. The molecule has 0 bridgehead atoms. The van der Waals surface area contributed by atoms with E-state index in [9.17, 15) is 14.3 Å². The highest BCUT2D eigenvalue weighted by Crippen LogP contribution is 2.22. The van der Waals surface area contributed by atoms with E-state index in [4.69, 9.17) is 0 Å². The molecule has 2 aromatic rings. The van der Waals surface area contributed by atoms with Crippen molar-refractivity contribution in [2.75, 3.05) is 29.9 Å². The molecule has 0 aliphatic carbocycles. The third kappa shape index (κ3) is 4.07. The largest absolute Gasteiger partial charge is 0.508 e. The molecule has 1 aliphatic heterocycles. The van der Waals surface area contributed by atoms with Gasteiger partial charge in [0.1, 0.15) is 11.6 Å². The van der Waals surface area contributed by atoms with Gasteiger partial charge in [-0.3, -0.25) is 9.69 Å². The predicted octanol–water partition coefficient (Wildman–Crippen LogP) is 3.33. The van der Waals surface area contributed by atoms with E-state index in [1.54, 1.807) is 0 Å². The summed E-state index contributed by atoms with van der Waals surface area (Å²) in [6.45, 7) is 2.81. The average Bonchev–Trinajstić information content (AvgIpc) is 2.57. The Labute approximate surface area is 144 Å². The summed E-state index contributed by atoms with van der Waals surface area (Å²) < 4.78 is 13.8. The fourth-order valence-electron chi connectivity index (χ4n) is 2.66. The van der Waals surface area contributed by atoms with Gasteiger partial charge in [-0.1, -0.05) is 18.2 Å². The van der Waals surface area contributed by atoms with Crippen molar-refractivity contribution in [3.63, 3.8) is 0 Å². The number of hydrogen-bond acceptors (Lipinski definition) is 4. The highest BCUT2D eigenvalue weighted by Gasteiger charge is 2.16. The third-order valence-corrected chi connectivity index (χ3v) is 4.90. The molecule has 1 amide bonds. The molecular formula is C18H19FN2O2S. The predicted molar refractivity (Wildman–Crippen MR) is 95.1 cm³/mol. The number of amides is 1. The Hall–Kier alpha value is -2.05. The first kappa shape index (κ1) is 16.8. The molecule has 4 nitrogen and oxygen atoms in total. The molecule has 0 aromatic heterocycles. The summed E-state index contributed by atoms with van der Waals surface area (Å²) in [4.78, 5) is 14.7. The van der Waals surface area contributed by atoms with E-state index in [2.05, 4.69) is 10.2 Å². The SMILES string of the molecule is O=C(Nc1ccccc1CN1CCSCC1)c1ccc(O)cc1F. The number of thioether (sulfide) groups is 1. The zero-order chi connectivity index (χ0) is 16.9. The zero-order valence-corrected chi connectivity index (χ0v) is 14.0. The molecule has 0 saturated carbocycles. The number of aromatic hydroxyl groups is 1. The molecule has 2 aromatic carbocycles. The molecule has 0 spiro atoms. The highest BCUT2D eigenvalue weighted by atomic mass is 32.2. The number of phenolic OH excluding ortho intramolecular Hbond substituents is 1. The molecule has 0 atom stereocenters. The standard InChI is InChI=1S/C18H19FN2O2S/c19-16-11-14(22)5-6-15(16)18(23)20-17-4-2-1-3-13(17)12-21-7-9-24-10-8-21/h1-6,11,22H,7-10,12H2,(H,20,23). The summed E-state index contributed by atoms with van der Waals surface area (Å²) in [5, 5.41) is 12.0. The number of carbonyl (C=O) groups is 1. The fourth-order valence-corrected chi connectivity index (χ4v) is 3.64. The highest BCUT2D eigenvalue weighted by molar-refractivity contribution is 7.99. The maximum absolute atomic E-state index is 13.8. The van der Waals surface area contributed by atoms with Gasteiger partial charge in [0.05, 0.1) is 5.56 Å². The van der Waals surface area contributed by atoms with E-state index >= 15 is 0 Å². The first-order valence-corrected chi connectivity index (χ1v) is 8.97. The van der Waals surface area contributed by atoms with Crippen LogP contribution in [-0.2, 0) is 6.54 Å². The second kappa shape index (κ2) is 7.68. The molecule has 1 aliphatic rings. The summed E-state index contributed by atoms with van der Waals surface area (Å²) in [7, 11) is 0. The van der Waals surface area contributed by atoms with Crippen LogP contribution in [0.5, 0.6) is 5.75 Å². The smallest absolute Gasteiger partial charge is 0.258 e. The van der Waals surface area contributed by atoms with Gasteiger partial charge in [-0.15, -0.1) is 0 Å². The van der Waals surface area contributed by atoms with E-state index in [1.165, 1.54) is 12.1 Å². The van der Waals surface area contributed by atoms with Crippen LogP contribution in [0.4, 0.5) is 10.1 Å². The molecular weight excluding hydrogens is 327 g/mol. The summed E-state index contributed by atoms with van der Waals surface area (Å²) >= 11 is 1.95. The maximum atomic E-state index is 13.8. The lowest BCUT2D eigenvalue weighted by Crippen LogP contribution is -2.32. The van der Waals surface area contributed by atoms with Crippen molar-refractivity contribution in [1.82, 2.24) is 4.90 Å². The molecule has 0 radical (unpaired) electrons. The van der Waals surface area contributed by atoms with Crippen molar-refractivity contribution in [1.29, 1.82) is 0 Å². The van der Waals surface area contributed by atoms with Gasteiger partial charge in [0.2, 0.25) is 0 Å². The first-order valence-electron chi connectivity index (χ1n) is 7.81. The van der Waals surface area contributed by atoms with Gasteiger partial charge in [0, 0.05) is 42.9 Å². The van der Waals surface area contributed by atoms with Crippen molar-refractivity contribution in [3.05, 3.63) is 59.4 Å². The Kier molecular flexibility index (Phi) is 5.37. The second-order valence-electron chi connectivity index (χ2n) is 5.66. The van der Waals surface area contributed by atoms with Gasteiger partial charge in [-0.05, 0) is 23.8 Å². The number of benzene rings is 2. The quantitative estimate of drug-likeness (QED) is 0.892. The normalized spacial score (nSPS) is 15.2. The number of carbonyl (C=O) groups excluding carboxylic acids is 1. The number of rotatable bonds is 4. The van der Waals surface area contributed by atoms with Crippen LogP contribution in [0.25, 0.3) is 0 Å². The Bertz CT molecular complexity index is 733. The molecule has 24 heavy (non-hydrogen) atoms. The van der Waals surface area contributed by atoms with Crippen molar-refractivity contribution < 1.29 is 14.3 Å². The fraction of sp³-hybridized carbons (Fsp3) is 0.278. The minimum Gasteiger partial charge on any atom is -0.508 e. The first-order chi connectivity index (χ1) is 11.6. The van der Waals surface area contributed by atoms with Gasteiger partial charge in [-0.25, -0.2) is 4.39 Å². The molecule has 126 valence electrons. The molecule has 1 saturated heterocycles. The van der Waals surface area contributed by atoms with Crippen LogP contribution >= 0.6 is 11.8 Å². The number of hydrogen-bond donors (Lipinski definition) is 2. The zero-order valence-electron chi connectivity index (χ0n) is 13.2. The van der Waals surface area contributed by atoms with Gasteiger partial charge in [-0.2, -0.15) is 11.8 Å². The third-order valence-electron chi connectivity index (χ3n) is 3.96. The van der Waals surface area contributed by atoms with Crippen molar-refractivity contribution in [2.45, 2.75) is 6.54 Å². The number of halogens is 1. The van der Waals surface area contributed by atoms with E-state index in [-0.39, 0.29) is 11.3 Å². The van der Waals surface area contributed by atoms with E-state index in [1.807, 2.05) is 36.0 Å². The van der Waals surface area contributed by atoms with Crippen molar-refractivity contribution in [3.8, 4) is 5.75 Å². The van der Waals surface area contributed by atoms with E-state index in [0.717, 1.165) is 42.8 Å². The van der Waals surface area contributed by atoms with Crippen LogP contribution in [0.3, 0.4) is 0 Å². The van der Waals surface area contributed by atoms with Crippen LogP contribution < -0.4 is 5.32 Å². The van der Waals surface area contributed by atoms with Crippen LogP contribution in [0.15, 0.2) is 42.5 Å². The number of nitrogens with zero attached hydrogens (tertiary/aromatic N) is 1. The lowest BCUT2D eigenvalue weighted by atomic mass is 10.1. The number of para-hydroxylation sites is 1. The summed E-state index contributed by atoms with van der Waals surface area (Å²) in [5.41, 5.74) is 1.61. The van der Waals surface area contributed by atoms with Gasteiger partial charge >= 0.3 is 0 Å². The number of phenols is 1. The molecule has 1 heterocycles. The van der Waals surface area contributed by atoms with Crippen LogP contribution in [0.2, 0.25) is 0 Å². The minimum absolute atomic E-state index is 0.0861. The lowest BCUT2D eigenvalue weighted by Gasteiger charge is -2.27. The summed E-state index contributed by atoms with van der Waals surface area (Å²) in [6, 6.07) is 11.1. The van der Waals surface area contributed by atoms with Crippen molar-refractivity contribution >= 4 is 23.4 Å². The minimum atomic E-state index is -0.738. The van der Waals surface area contributed by atoms with E-state index in [0.29, 0.717) is 5.69 Å². The second-order valence-corrected chi connectivity index (χ2v) is 6.89. The lowest BCUT2D eigenvalue weighted by molar-refractivity contribution is 0.102. The Morgan fingerprint density at radius 2 is 1.96 bits per heavy atom. The molecule has 0 unspecified atom stereocenters. The molecule has 6 heteroatoms. The van der Waals surface area contributed by atoms with Gasteiger partial charge in [0.15, 0.2) is 0 Å². The van der Waals surface area contributed by atoms with Gasteiger partial charge < -0.3 is 10.4 Å². The Balaban J connectivity index is 1.75. The molecule has 3 rings (SSSR count). The van der Waals surface area contributed by atoms with Crippen LogP contribution in [0, 0.1) is 5.82 Å². The number of nitrogens with one attached hydrogen (secondary N) is 1. The Morgan fingerprint density at radius 3 is 2.71 bits per heavy atom. The van der Waals surface area contributed by atoms with E-state index < -0.39 is 11.7 Å². The summed E-state index contributed by atoms with van der Waals surface area (Å²) in [6.07, 6.45) is 0. The monoisotopic (exact) mass is 346 g/mol. The Morgan fingerprint density at radius 1 is 1.21 bits per heavy atom. The van der Waals surface area contributed by atoms with Gasteiger partial charge in [0.25, 0.3) is 5.91 Å². The van der Waals surface area contributed by atoms with Crippen LogP contribution in [0.1, 0.15) is 15.9 Å². The van der Waals surface area contributed by atoms with Crippen LogP contribution in [-0.4, -0.2) is 40.5 Å². The topological polar surface area (TPSA) is 52.6 Å². The summed E-state index contributed by atoms with van der Waals surface area (Å²) in [5.74, 6) is 0.778. The molecule has 2 N–H and O–H groups in total.